The molecule has 1 aliphatic heterocycles. The first-order valence-electron chi connectivity index (χ1n) is 7.60. The lowest BCUT2D eigenvalue weighted by Crippen LogP contribution is -2.45. The Bertz CT molecular complexity index is 499. The van der Waals surface area contributed by atoms with Gasteiger partial charge < -0.3 is 19.5 Å². The van der Waals surface area contributed by atoms with Crippen molar-refractivity contribution in [2.24, 2.45) is 0 Å². The van der Waals surface area contributed by atoms with Crippen LogP contribution >= 0.6 is 0 Å². The van der Waals surface area contributed by atoms with Gasteiger partial charge in [0.05, 0.1) is 21.3 Å². The van der Waals surface area contributed by atoms with E-state index in [0.29, 0.717) is 5.75 Å². The molecule has 5 nitrogen and oxygen atoms in total. The van der Waals surface area contributed by atoms with Crippen LogP contribution in [0.5, 0.6) is 17.2 Å². The Balaban J connectivity index is 2.42. The molecule has 1 aliphatic rings. The molecule has 22 heavy (non-hydrogen) atoms. The Hall–Kier alpha value is -1.72. The monoisotopic (exact) mass is 306 g/mol. The predicted octanol–water partition coefficient (Wildman–Crippen LogP) is 2.23. The van der Waals surface area contributed by atoms with E-state index in [4.69, 9.17) is 14.2 Å². The molecule has 122 valence electrons. The molecule has 0 spiro atoms. The van der Waals surface area contributed by atoms with Crippen LogP contribution in [0.4, 0.5) is 0 Å². The first kappa shape index (κ1) is 16.6. The van der Waals surface area contributed by atoms with Crippen LogP contribution < -0.4 is 19.5 Å². The van der Waals surface area contributed by atoms with E-state index in [1.165, 1.54) is 0 Å². The molecule has 0 aromatic heterocycles. The maximum absolute atomic E-state index is 5.59. The second-order valence-electron chi connectivity index (χ2n) is 5.28. The Morgan fingerprint density at radius 2 is 1.68 bits per heavy atom. The van der Waals surface area contributed by atoms with Crippen molar-refractivity contribution in [2.45, 2.75) is 12.5 Å². The molecule has 0 unspecified atom stereocenters. The van der Waals surface area contributed by atoms with Crippen molar-refractivity contribution in [1.82, 2.24) is 10.2 Å². The van der Waals surface area contributed by atoms with Gasteiger partial charge in [-0.2, -0.15) is 0 Å². The van der Waals surface area contributed by atoms with Gasteiger partial charge in [-0.15, -0.1) is 6.58 Å². The average Bonchev–Trinajstić information content (AvgIpc) is 2.59. The van der Waals surface area contributed by atoms with E-state index in [1.54, 1.807) is 21.3 Å². The van der Waals surface area contributed by atoms with E-state index in [1.807, 2.05) is 18.2 Å². The van der Waals surface area contributed by atoms with Crippen LogP contribution in [-0.2, 0) is 0 Å². The molecule has 1 saturated heterocycles. The van der Waals surface area contributed by atoms with Gasteiger partial charge >= 0.3 is 0 Å². The van der Waals surface area contributed by atoms with Crippen molar-refractivity contribution in [3.63, 3.8) is 0 Å². The summed E-state index contributed by atoms with van der Waals surface area (Å²) < 4.78 is 16.4. The fourth-order valence-electron chi connectivity index (χ4n) is 2.94. The van der Waals surface area contributed by atoms with Gasteiger partial charge in [-0.1, -0.05) is 6.08 Å². The minimum Gasteiger partial charge on any atom is -0.496 e. The molecule has 1 aromatic carbocycles. The van der Waals surface area contributed by atoms with Gasteiger partial charge in [-0.25, -0.2) is 0 Å². The molecule has 1 N–H and O–H groups in total. The summed E-state index contributed by atoms with van der Waals surface area (Å²) in [6.45, 7) is 7.94. The van der Waals surface area contributed by atoms with E-state index in [9.17, 15) is 0 Å². The second-order valence-corrected chi connectivity index (χ2v) is 5.28. The highest BCUT2D eigenvalue weighted by atomic mass is 16.5. The zero-order chi connectivity index (χ0) is 15.9. The standard InChI is InChI=1S/C17H26N2O3/c1-5-6-14(19-9-7-18-8-10-19)13-11-16(21-3)17(22-4)12-15(13)20-2/h5,11-12,14,18H,1,6-10H2,2-4H3/t14-/m0/s1. The summed E-state index contributed by atoms with van der Waals surface area (Å²) >= 11 is 0. The summed E-state index contributed by atoms with van der Waals surface area (Å²) in [4.78, 5) is 2.46. The summed E-state index contributed by atoms with van der Waals surface area (Å²) in [7, 11) is 4.98. The number of methoxy groups -OCH3 is 3. The third kappa shape index (κ3) is 3.54. The molecule has 5 heteroatoms. The molecule has 0 aliphatic carbocycles. The number of ether oxygens (including phenoxy) is 3. The minimum absolute atomic E-state index is 0.231. The molecule has 1 aromatic rings. The Kier molecular flexibility index (Phi) is 6.10. The number of rotatable bonds is 7. The summed E-state index contributed by atoms with van der Waals surface area (Å²) in [5.74, 6) is 2.23. The first-order valence-corrected chi connectivity index (χ1v) is 7.60. The smallest absolute Gasteiger partial charge is 0.164 e. The molecule has 0 radical (unpaired) electrons. The highest BCUT2D eigenvalue weighted by Gasteiger charge is 2.25. The second kappa shape index (κ2) is 8.06. The molecule has 0 amide bonds. The summed E-state index contributed by atoms with van der Waals surface area (Å²) in [6.07, 6.45) is 2.83. The number of hydrogen-bond acceptors (Lipinski definition) is 5. The van der Waals surface area contributed by atoms with E-state index in [-0.39, 0.29) is 6.04 Å². The lowest BCUT2D eigenvalue weighted by atomic mass is 9.99. The van der Waals surface area contributed by atoms with Crippen molar-refractivity contribution in [3.05, 3.63) is 30.4 Å². The number of hydrogen-bond donors (Lipinski definition) is 1. The van der Waals surface area contributed by atoms with E-state index < -0.39 is 0 Å². The van der Waals surface area contributed by atoms with Crippen molar-refractivity contribution >= 4 is 0 Å². The lowest BCUT2D eigenvalue weighted by molar-refractivity contribution is 0.171. The van der Waals surface area contributed by atoms with Gasteiger partial charge in [-0.3, -0.25) is 4.90 Å². The van der Waals surface area contributed by atoms with Crippen LogP contribution in [0.3, 0.4) is 0 Å². The van der Waals surface area contributed by atoms with Crippen LogP contribution in [-0.4, -0.2) is 52.4 Å². The normalized spacial score (nSPS) is 16.9. The maximum Gasteiger partial charge on any atom is 0.164 e. The molecular weight excluding hydrogens is 280 g/mol. The van der Waals surface area contributed by atoms with Crippen LogP contribution in [0.15, 0.2) is 24.8 Å². The third-order valence-corrected chi connectivity index (χ3v) is 4.08. The number of nitrogens with one attached hydrogen (secondary N) is 1. The Labute approximate surface area is 132 Å². The van der Waals surface area contributed by atoms with Crippen LogP contribution in [0.1, 0.15) is 18.0 Å². The van der Waals surface area contributed by atoms with Crippen molar-refractivity contribution in [1.29, 1.82) is 0 Å². The fourth-order valence-corrected chi connectivity index (χ4v) is 2.94. The first-order chi connectivity index (χ1) is 10.7. The highest BCUT2D eigenvalue weighted by molar-refractivity contribution is 5.52. The molecule has 1 heterocycles. The third-order valence-electron chi connectivity index (χ3n) is 4.08. The van der Waals surface area contributed by atoms with Gasteiger partial charge in [0, 0.05) is 43.9 Å². The van der Waals surface area contributed by atoms with Gasteiger partial charge in [0.1, 0.15) is 5.75 Å². The van der Waals surface area contributed by atoms with Gasteiger partial charge in [-0.05, 0) is 12.5 Å². The highest BCUT2D eigenvalue weighted by Crippen LogP contribution is 2.40. The molecule has 0 saturated carbocycles. The zero-order valence-corrected chi connectivity index (χ0v) is 13.7. The number of piperazine rings is 1. The van der Waals surface area contributed by atoms with Gasteiger partial charge in [0.25, 0.3) is 0 Å². The quantitative estimate of drug-likeness (QED) is 0.783. The lowest BCUT2D eigenvalue weighted by Gasteiger charge is -2.35. The minimum atomic E-state index is 0.231. The topological polar surface area (TPSA) is 43.0 Å². The van der Waals surface area contributed by atoms with Gasteiger partial charge in [0.2, 0.25) is 0 Å². The fraction of sp³-hybridized carbons (Fsp3) is 0.529. The summed E-state index contributed by atoms with van der Waals surface area (Å²) in [5, 5.41) is 3.39. The number of nitrogens with zero attached hydrogens (tertiary/aromatic N) is 1. The van der Waals surface area contributed by atoms with E-state index >= 15 is 0 Å². The average molecular weight is 306 g/mol. The molecule has 0 bridgehead atoms. The maximum atomic E-state index is 5.59. The van der Waals surface area contributed by atoms with Crippen LogP contribution in [0.2, 0.25) is 0 Å². The molecule has 1 atom stereocenters. The SMILES string of the molecule is C=CC[C@@H](c1cc(OC)c(OC)cc1OC)N1CCNCC1. The molecule has 1 fully saturated rings. The number of benzene rings is 1. The largest absolute Gasteiger partial charge is 0.496 e. The van der Waals surface area contributed by atoms with Crippen molar-refractivity contribution in [3.8, 4) is 17.2 Å². The Morgan fingerprint density at radius 1 is 1.09 bits per heavy atom. The summed E-state index contributed by atoms with van der Waals surface area (Å²) in [5.41, 5.74) is 1.11. The van der Waals surface area contributed by atoms with Crippen LogP contribution in [0.25, 0.3) is 0 Å². The van der Waals surface area contributed by atoms with Crippen molar-refractivity contribution in [2.75, 3.05) is 47.5 Å². The van der Waals surface area contributed by atoms with E-state index in [2.05, 4.69) is 16.8 Å². The molecular formula is C17H26N2O3. The van der Waals surface area contributed by atoms with Crippen molar-refractivity contribution < 1.29 is 14.2 Å². The molecule has 2 rings (SSSR count). The summed E-state index contributed by atoms with van der Waals surface area (Å²) in [6, 6.07) is 4.15. The Morgan fingerprint density at radius 3 is 2.23 bits per heavy atom. The zero-order valence-electron chi connectivity index (χ0n) is 13.7. The predicted molar refractivity (Wildman–Crippen MR) is 88.1 cm³/mol. The van der Waals surface area contributed by atoms with E-state index in [0.717, 1.165) is 49.7 Å². The van der Waals surface area contributed by atoms with Gasteiger partial charge in [0.15, 0.2) is 11.5 Å². The van der Waals surface area contributed by atoms with Crippen LogP contribution in [0, 0.1) is 0 Å².